The third-order valence-electron chi connectivity index (χ3n) is 4.87. The molecule has 0 amide bonds. The fourth-order valence-electron chi connectivity index (χ4n) is 3.52. The predicted molar refractivity (Wildman–Crippen MR) is 90.7 cm³/mol. The molecule has 4 rings (SSSR count). The molecule has 1 saturated heterocycles. The van der Waals surface area contributed by atoms with Crippen LogP contribution in [0, 0.1) is 0 Å². The Morgan fingerprint density at radius 1 is 1.12 bits per heavy atom. The van der Waals surface area contributed by atoms with Gasteiger partial charge in [0, 0.05) is 5.92 Å². The van der Waals surface area contributed by atoms with E-state index in [0.717, 1.165) is 5.56 Å². The molecule has 26 heavy (non-hydrogen) atoms. The van der Waals surface area contributed by atoms with Gasteiger partial charge in [-0.05, 0) is 35.4 Å². The summed E-state index contributed by atoms with van der Waals surface area (Å²) in [4.78, 5) is 0. The Kier molecular flexibility index (Phi) is 4.36. The number of aliphatic hydroxyl groups is 2. The molecular formula is C19H20O7. The number of phenolic OH excluding ortho intramolecular Hbond substituents is 1. The van der Waals surface area contributed by atoms with Crippen LogP contribution >= 0.6 is 0 Å². The molecule has 2 aliphatic heterocycles. The van der Waals surface area contributed by atoms with Gasteiger partial charge in [-0.2, -0.15) is 0 Å². The Balaban J connectivity index is 1.64. The van der Waals surface area contributed by atoms with Crippen LogP contribution in [0.1, 0.15) is 23.1 Å². The molecule has 4 atom stereocenters. The van der Waals surface area contributed by atoms with E-state index < -0.39 is 24.2 Å². The Labute approximate surface area is 150 Å². The van der Waals surface area contributed by atoms with Crippen LogP contribution in [-0.2, 0) is 4.74 Å². The van der Waals surface area contributed by atoms with Gasteiger partial charge in [-0.15, -0.1) is 0 Å². The fourth-order valence-corrected chi connectivity index (χ4v) is 3.52. The van der Waals surface area contributed by atoms with Gasteiger partial charge in [0.2, 0.25) is 6.79 Å². The average Bonchev–Trinajstić information content (AvgIpc) is 3.27. The summed E-state index contributed by atoms with van der Waals surface area (Å²) in [5, 5.41) is 31.0. The number of phenols is 1. The van der Waals surface area contributed by atoms with Gasteiger partial charge in [0.05, 0.1) is 25.9 Å². The van der Waals surface area contributed by atoms with Crippen LogP contribution in [0.5, 0.6) is 23.0 Å². The highest BCUT2D eigenvalue weighted by molar-refractivity contribution is 5.47. The van der Waals surface area contributed by atoms with Crippen LogP contribution in [-0.4, -0.2) is 48.0 Å². The lowest BCUT2D eigenvalue weighted by molar-refractivity contribution is -0.0101. The van der Waals surface area contributed by atoms with Gasteiger partial charge >= 0.3 is 0 Å². The number of hydrogen-bond acceptors (Lipinski definition) is 7. The monoisotopic (exact) mass is 360 g/mol. The first kappa shape index (κ1) is 17.0. The highest BCUT2D eigenvalue weighted by Crippen LogP contribution is 2.43. The molecule has 3 N–H and O–H groups in total. The van der Waals surface area contributed by atoms with Gasteiger partial charge in [0.25, 0.3) is 0 Å². The van der Waals surface area contributed by atoms with Crippen molar-refractivity contribution in [3.63, 3.8) is 0 Å². The maximum Gasteiger partial charge on any atom is 0.231 e. The lowest BCUT2D eigenvalue weighted by Crippen LogP contribution is -2.27. The van der Waals surface area contributed by atoms with Crippen LogP contribution in [0.25, 0.3) is 0 Å². The number of ether oxygens (including phenoxy) is 4. The molecule has 138 valence electrons. The summed E-state index contributed by atoms with van der Waals surface area (Å²) in [5.41, 5.74) is 1.33. The molecule has 0 saturated carbocycles. The molecule has 0 bridgehead atoms. The standard InChI is InChI=1S/C19H20O7/c1-23-15-7-11(2-4-12(15)20)18(22)19-17(13(21)8-24-19)10-3-5-14-16(6-10)26-9-25-14/h2-7,13,17-22H,8-9H2,1H3. The normalized spacial score (nSPS) is 25.3. The topological polar surface area (TPSA) is 97.6 Å². The van der Waals surface area contributed by atoms with Crippen molar-refractivity contribution >= 4 is 0 Å². The number of rotatable bonds is 4. The molecule has 1 fully saturated rings. The van der Waals surface area contributed by atoms with Gasteiger partial charge in [-0.25, -0.2) is 0 Å². The lowest BCUT2D eigenvalue weighted by Gasteiger charge is -2.26. The maximum absolute atomic E-state index is 10.8. The predicted octanol–water partition coefficient (Wildman–Crippen LogP) is 1.71. The molecule has 0 spiro atoms. The van der Waals surface area contributed by atoms with E-state index in [1.54, 1.807) is 18.2 Å². The van der Waals surface area contributed by atoms with E-state index in [4.69, 9.17) is 18.9 Å². The van der Waals surface area contributed by atoms with E-state index >= 15 is 0 Å². The van der Waals surface area contributed by atoms with Crippen LogP contribution in [0.4, 0.5) is 0 Å². The summed E-state index contributed by atoms with van der Waals surface area (Å²) in [7, 11) is 1.44. The minimum Gasteiger partial charge on any atom is -0.504 e. The quantitative estimate of drug-likeness (QED) is 0.763. The third kappa shape index (κ3) is 2.84. The summed E-state index contributed by atoms with van der Waals surface area (Å²) in [6.45, 7) is 0.290. The Bertz CT molecular complexity index is 806. The maximum atomic E-state index is 10.8. The summed E-state index contributed by atoms with van der Waals surface area (Å²) < 4.78 is 21.5. The van der Waals surface area contributed by atoms with E-state index in [-0.39, 0.29) is 24.9 Å². The molecule has 2 heterocycles. The minimum absolute atomic E-state index is 0.0110. The van der Waals surface area contributed by atoms with E-state index in [0.29, 0.717) is 17.1 Å². The van der Waals surface area contributed by atoms with Crippen molar-refractivity contribution in [2.75, 3.05) is 20.5 Å². The van der Waals surface area contributed by atoms with Crippen LogP contribution in [0.2, 0.25) is 0 Å². The number of benzene rings is 2. The zero-order valence-electron chi connectivity index (χ0n) is 14.2. The van der Waals surface area contributed by atoms with Crippen molar-refractivity contribution in [1.29, 1.82) is 0 Å². The molecule has 7 nitrogen and oxygen atoms in total. The van der Waals surface area contributed by atoms with Gasteiger partial charge < -0.3 is 34.3 Å². The highest BCUT2D eigenvalue weighted by Gasteiger charge is 2.42. The van der Waals surface area contributed by atoms with Crippen molar-refractivity contribution < 1.29 is 34.3 Å². The van der Waals surface area contributed by atoms with E-state index in [1.807, 2.05) is 12.1 Å². The van der Waals surface area contributed by atoms with Crippen LogP contribution < -0.4 is 14.2 Å². The second-order valence-corrected chi connectivity index (χ2v) is 6.38. The van der Waals surface area contributed by atoms with Crippen LogP contribution in [0.3, 0.4) is 0 Å². The SMILES string of the molecule is COc1cc(C(O)C2OCC(O)C2c2ccc3c(c2)OCO3)ccc1O. The van der Waals surface area contributed by atoms with Gasteiger partial charge in [0.15, 0.2) is 23.0 Å². The molecule has 4 unspecified atom stereocenters. The molecule has 0 radical (unpaired) electrons. The van der Waals surface area contributed by atoms with Crippen molar-refractivity contribution in [2.24, 2.45) is 0 Å². The number of hydrogen-bond donors (Lipinski definition) is 3. The first-order valence-corrected chi connectivity index (χ1v) is 8.32. The zero-order valence-corrected chi connectivity index (χ0v) is 14.2. The van der Waals surface area contributed by atoms with Crippen LogP contribution in [0.15, 0.2) is 36.4 Å². The molecule has 2 aromatic rings. The second-order valence-electron chi connectivity index (χ2n) is 6.38. The molecular weight excluding hydrogens is 340 g/mol. The van der Waals surface area contributed by atoms with E-state index in [1.165, 1.54) is 13.2 Å². The Morgan fingerprint density at radius 3 is 2.73 bits per heavy atom. The van der Waals surface area contributed by atoms with Gasteiger partial charge in [-0.3, -0.25) is 0 Å². The third-order valence-corrected chi connectivity index (χ3v) is 4.87. The number of aromatic hydroxyl groups is 1. The van der Waals surface area contributed by atoms with E-state index in [2.05, 4.69) is 0 Å². The average molecular weight is 360 g/mol. The smallest absolute Gasteiger partial charge is 0.231 e. The molecule has 7 heteroatoms. The first-order chi connectivity index (χ1) is 12.6. The van der Waals surface area contributed by atoms with Crippen molar-refractivity contribution in [1.82, 2.24) is 0 Å². The molecule has 2 aromatic carbocycles. The van der Waals surface area contributed by atoms with Crippen molar-refractivity contribution in [3.8, 4) is 23.0 Å². The largest absolute Gasteiger partial charge is 0.504 e. The number of aliphatic hydroxyl groups excluding tert-OH is 2. The van der Waals surface area contributed by atoms with Crippen molar-refractivity contribution in [3.05, 3.63) is 47.5 Å². The number of fused-ring (bicyclic) bond motifs is 1. The molecule has 2 aliphatic rings. The summed E-state index contributed by atoms with van der Waals surface area (Å²) in [6.07, 6.45) is -2.41. The number of methoxy groups -OCH3 is 1. The van der Waals surface area contributed by atoms with E-state index in [9.17, 15) is 15.3 Å². The summed E-state index contributed by atoms with van der Waals surface area (Å²) in [5.74, 6) is 1.09. The first-order valence-electron chi connectivity index (χ1n) is 8.32. The van der Waals surface area contributed by atoms with Crippen molar-refractivity contribution in [2.45, 2.75) is 24.2 Å². The Morgan fingerprint density at radius 2 is 1.92 bits per heavy atom. The molecule has 0 aliphatic carbocycles. The lowest BCUT2D eigenvalue weighted by atomic mass is 9.85. The summed E-state index contributed by atoms with van der Waals surface area (Å²) >= 11 is 0. The van der Waals surface area contributed by atoms with Gasteiger partial charge in [0.1, 0.15) is 6.10 Å². The Hall–Kier alpha value is -2.48. The minimum atomic E-state index is -1.00. The second kappa shape index (κ2) is 6.68. The highest BCUT2D eigenvalue weighted by atomic mass is 16.7. The summed E-state index contributed by atoms with van der Waals surface area (Å²) in [6, 6.07) is 10.1. The van der Waals surface area contributed by atoms with Gasteiger partial charge in [-0.1, -0.05) is 12.1 Å². The molecule has 0 aromatic heterocycles. The fraction of sp³-hybridized carbons (Fsp3) is 0.368. The zero-order chi connectivity index (χ0) is 18.3.